The number of rotatable bonds is 2. The van der Waals surface area contributed by atoms with Gasteiger partial charge in [0.1, 0.15) is 5.67 Å². The topological polar surface area (TPSA) is 46.5 Å². The Morgan fingerprint density at radius 1 is 1.55 bits per heavy atom. The smallest absolute Gasteiger partial charge is 0.306 e. The van der Waals surface area contributed by atoms with Crippen LogP contribution in [0.15, 0.2) is 0 Å². The molecule has 0 aliphatic carbocycles. The van der Waals surface area contributed by atoms with Crippen molar-refractivity contribution in [3.63, 3.8) is 0 Å². The van der Waals surface area contributed by atoms with Crippen LogP contribution in [0.25, 0.3) is 0 Å². The molecule has 64 valence electrons. The predicted octanol–water partition coefficient (Wildman–Crippen LogP) is 0.980. The van der Waals surface area contributed by atoms with Crippen LogP contribution >= 0.6 is 0 Å². The Balaban J connectivity index is 2.43. The normalized spacial score (nSPS) is 23.0. The van der Waals surface area contributed by atoms with Gasteiger partial charge in [0.25, 0.3) is 0 Å². The fourth-order valence-electron chi connectivity index (χ4n) is 1.19. The summed E-state index contributed by atoms with van der Waals surface area (Å²) in [5.41, 5.74) is -1.52. The minimum absolute atomic E-state index is 0.208. The zero-order valence-corrected chi connectivity index (χ0v) is 6.18. The van der Waals surface area contributed by atoms with Gasteiger partial charge in [-0.05, 0) is 0 Å². The lowest BCUT2D eigenvalue weighted by Crippen LogP contribution is -2.33. The number of hydrogen-bond acceptors (Lipinski definition) is 2. The van der Waals surface area contributed by atoms with E-state index in [2.05, 4.69) is 0 Å². The molecule has 1 aliphatic heterocycles. The van der Waals surface area contributed by atoms with Crippen molar-refractivity contribution >= 4 is 5.97 Å². The molecule has 0 aromatic heterocycles. The van der Waals surface area contributed by atoms with Crippen LogP contribution in [-0.4, -0.2) is 30.0 Å². The highest BCUT2D eigenvalue weighted by Crippen LogP contribution is 2.28. The van der Waals surface area contributed by atoms with Crippen LogP contribution in [0.1, 0.15) is 19.3 Å². The molecule has 1 aliphatic rings. The highest BCUT2D eigenvalue weighted by atomic mass is 19.1. The number of alkyl halides is 1. The van der Waals surface area contributed by atoms with E-state index in [-0.39, 0.29) is 12.8 Å². The van der Waals surface area contributed by atoms with Crippen molar-refractivity contribution in [2.75, 3.05) is 13.2 Å². The summed E-state index contributed by atoms with van der Waals surface area (Å²) in [6, 6.07) is 0. The van der Waals surface area contributed by atoms with E-state index >= 15 is 0 Å². The van der Waals surface area contributed by atoms with Gasteiger partial charge in [0, 0.05) is 26.1 Å². The van der Waals surface area contributed by atoms with Crippen molar-refractivity contribution in [1.29, 1.82) is 0 Å². The minimum atomic E-state index is -1.52. The summed E-state index contributed by atoms with van der Waals surface area (Å²) >= 11 is 0. The van der Waals surface area contributed by atoms with E-state index in [1.54, 1.807) is 0 Å². The van der Waals surface area contributed by atoms with E-state index < -0.39 is 18.1 Å². The molecule has 1 N–H and O–H groups in total. The Hall–Kier alpha value is -0.640. The molecule has 0 atom stereocenters. The van der Waals surface area contributed by atoms with E-state index in [0.29, 0.717) is 13.2 Å². The van der Waals surface area contributed by atoms with Crippen LogP contribution in [0.2, 0.25) is 0 Å². The lowest BCUT2D eigenvalue weighted by molar-refractivity contribution is -0.142. The first kappa shape index (κ1) is 8.46. The molecule has 0 spiro atoms. The molecule has 0 radical (unpaired) electrons. The first-order valence-electron chi connectivity index (χ1n) is 3.61. The van der Waals surface area contributed by atoms with Crippen LogP contribution in [-0.2, 0) is 9.53 Å². The van der Waals surface area contributed by atoms with Gasteiger partial charge in [-0.25, -0.2) is 4.39 Å². The number of carboxylic acids is 1. The molecule has 3 nitrogen and oxygen atoms in total. The average molecular weight is 162 g/mol. The maximum atomic E-state index is 13.4. The molecular formula is C7H11FO3. The fraction of sp³-hybridized carbons (Fsp3) is 0.857. The second kappa shape index (κ2) is 3.17. The SMILES string of the molecule is O=C(O)CC1(F)CCOCC1. The van der Waals surface area contributed by atoms with Crippen LogP contribution in [0, 0.1) is 0 Å². The van der Waals surface area contributed by atoms with Gasteiger partial charge in [-0.1, -0.05) is 0 Å². The third kappa shape index (κ3) is 2.46. The predicted molar refractivity (Wildman–Crippen MR) is 36.1 cm³/mol. The molecule has 0 saturated carbocycles. The monoisotopic (exact) mass is 162 g/mol. The highest BCUT2D eigenvalue weighted by molar-refractivity contribution is 5.68. The summed E-state index contributed by atoms with van der Waals surface area (Å²) in [6.45, 7) is 0.674. The van der Waals surface area contributed by atoms with Crippen molar-refractivity contribution < 1.29 is 19.0 Å². The zero-order valence-electron chi connectivity index (χ0n) is 6.18. The number of carbonyl (C=O) groups is 1. The number of carboxylic acid groups (broad SMARTS) is 1. The Bertz CT molecular complexity index is 152. The number of ether oxygens (including phenoxy) is 1. The Labute approximate surface area is 64.2 Å². The van der Waals surface area contributed by atoms with Crippen LogP contribution < -0.4 is 0 Å². The van der Waals surface area contributed by atoms with Gasteiger partial charge in [0.2, 0.25) is 0 Å². The number of aliphatic carboxylic acids is 1. The second-order valence-corrected chi connectivity index (χ2v) is 2.83. The lowest BCUT2D eigenvalue weighted by atomic mass is 9.93. The van der Waals surface area contributed by atoms with E-state index in [4.69, 9.17) is 9.84 Å². The van der Waals surface area contributed by atoms with E-state index in [1.165, 1.54) is 0 Å². The Kier molecular flexibility index (Phi) is 2.44. The quantitative estimate of drug-likeness (QED) is 0.658. The summed E-state index contributed by atoms with van der Waals surface area (Å²) < 4.78 is 18.3. The Morgan fingerprint density at radius 2 is 2.09 bits per heavy atom. The standard InChI is InChI=1S/C7H11FO3/c8-7(5-6(9)10)1-3-11-4-2-7/h1-5H2,(H,9,10). The second-order valence-electron chi connectivity index (χ2n) is 2.83. The molecule has 1 heterocycles. The fourth-order valence-corrected chi connectivity index (χ4v) is 1.19. The molecule has 1 rings (SSSR count). The molecule has 1 fully saturated rings. The molecule has 11 heavy (non-hydrogen) atoms. The van der Waals surface area contributed by atoms with Crippen LogP contribution in [0.4, 0.5) is 4.39 Å². The summed E-state index contributed by atoms with van der Waals surface area (Å²) in [5, 5.41) is 8.35. The van der Waals surface area contributed by atoms with Crippen molar-refractivity contribution in [1.82, 2.24) is 0 Å². The zero-order chi connectivity index (χ0) is 8.32. The van der Waals surface area contributed by atoms with Gasteiger partial charge in [0.05, 0.1) is 6.42 Å². The van der Waals surface area contributed by atoms with Crippen molar-refractivity contribution in [3.8, 4) is 0 Å². The number of hydrogen-bond donors (Lipinski definition) is 1. The molecule has 1 saturated heterocycles. The summed E-state index contributed by atoms with van der Waals surface area (Å²) in [4.78, 5) is 10.2. The summed E-state index contributed by atoms with van der Waals surface area (Å²) in [5.74, 6) is -1.07. The van der Waals surface area contributed by atoms with Gasteiger partial charge < -0.3 is 9.84 Å². The molecule has 0 unspecified atom stereocenters. The number of halogens is 1. The molecule has 0 amide bonds. The average Bonchev–Trinajstić information content (AvgIpc) is 1.85. The highest BCUT2D eigenvalue weighted by Gasteiger charge is 2.34. The first-order valence-corrected chi connectivity index (χ1v) is 3.61. The van der Waals surface area contributed by atoms with Crippen molar-refractivity contribution in [2.24, 2.45) is 0 Å². The molecule has 0 aromatic rings. The van der Waals surface area contributed by atoms with Gasteiger partial charge in [-0.15, -0.1) is 0 Å². The summed E-state index contributed by atoms with van der Waals surface area (Å²) in [7, 11) is 0. The first-order chi connectivity index (χ1) is 5.12. The van der Waals surface area contributed by atoms with E-state index in [9.17, 15) is 9.18 Å². The van der Waals surface area contributed by atoms with Gasteiger partial charge in [-0.2, -0.15) is 0 Å². The molecular weight excluding hydrogens is 151 g/mol. The van der Waals surface area contributed by atoms with Gasteiger partial charge >= 0.3 is 5.97 Å². The van der Waals surface area contributed by atoms with E-state index in [0.717, 1.165) is 0 Å². The van der Waals surface area contributed by atoms with Crippen molar-refractivity contribution in [2.45, 2.75) is 24.9 Å². The minimum Gasteiger partial charge on any atom is -0.481 e. The van der Waals surface area contributed by atoms with Crippen LogP contribution in [0.5, 0.6) is 0 Å². The summed E-state index contributed by atoms with van der Waals surface area (Å²) in [6.07, 6.45) is 0.0228. The van der Waals surface area contributed by atoms with Gasteiger partial charge in [0.15, 0.2) is 0 Å². The maximum absolute atomic E-state index is 13.4. The molecule has 0 bridgehead atoms. The molecule has 0 aromatic carbocycles. The lowest BCUT2D eigenvalue weighted by Gasteiger charge is -2.27. The molecule has 4 heteroatoms. The largest absolute Gasteiger partial charge is 0.481 e. The van der Waals surface area contributed by atoms with Crippen molar-refractivity contribution in [3.05, 3.63) is 0 Å². The third-order valence-electron chi connectivity index (χ3n) is 1.86. The van der Waals surface area contributed by atoms with Crippen LogP contribution in [0.3, 0.4) is 0 Å². The van der Waals surface area contributed by atoms with Gasteiger partial charge in [-0.3, -0.25) is 4.79 Å². The maximum Gasteiger partial charge on any atom is 0.306 e. The van der Waals surface area contributed by atoms with E-state index in [1.807, 2.05) is 0 Å². The third-order valence-corrected chi connectivity index (χ3v) is 1.86. The Morgan fingerprint density at radius 3 is 2.55 bits per heavy atom.